The van der Waals surface area contributed by atoms with E-state index in [9.17, 15) is 18.0 Å². The molecular weight excluding hydrogens is 398 g/mol. The van der Waals surface area contributed by atoms with Crippen LogP contribution in [0.1, 0.15) is 11.8 Å². The molecule has 0 saturated carbocycles. The number of amides is 2. The molecule has 0 unspecified atom stereocenters. The molecule has 0 atom stereocenters. The van der Waals surface area contributed by atoms with E-state index in [0.29, 0.717) is 18.8 Å². The van der Waals surface area contributed by atoms with Crippen LogP contribution >= 0.6 is 11.3 Å². The van der Waals surface area contributed by atoms with Gasteiger partial charge in [-0.1, -0.05) is 12.1 Å². The lowest BCUT2D eigenvalue weighted by atomic mass is 10.3. The fourth-order valence-electron chi connectivity index (χ4n) is 2.47. The summed E-state index contributed by atoms with van der Waals surface area (Å²) < 4.78 is 26.5. The summed E-state index contributed by atoms with van der Waals surface area (Å²) in [7, 11) is -2.47. The van der Waals surface area contributed by atoms with Crippen molar-refractivity contribution in [2.45, 2.75) is 18.4 Å². The second-order valence-corrected chi connectivity index (χ2v) is 9.19. The molecule has 1 aromatic heterocycles. The Hall–Kier alpha value is -2.49. The summed E-state index contributed by atoms with van der Waals surface area (Å²) in [5.41, 5.74) is 0.498. The van der Waals surface area contributed by atoms with E-state index < -0.39 is 10.0 Å². The molecule has 0 bridgehead atoms. The van der Waals surface area contributed by atoms with Crippen LogP contribution in [0.25, 0.3) is 0 Å². The second kappa shape index (κ2) is 9.63. The van der Waals surface area contributed by atoms with Gasteiger partial charge in [-0.25, -0.2) is 8.42 Å². The standard InChI is InChI=1S/C19H23N3O4S2/c1-4-11-22(13-17-6-5-12-27-17)19(24)14-21(3)28(25,26)18-9-7-16(8-10-18)20-15(2)23/h4-10,12H,1,11,13-14H2,2-3H3,(H,20,23). The number of hydrogen-bond acceptors (Lipinski definition) is 5. The summed E-state index contributed by atoms with van der Waals surface area (Å²) >= 11 is 1.53. The summed E-state index contributed by atoms with van der Waals surface area (Å²) in [4.78, 5) is 26.3. The molecule has 0 aliphatic carbocycles. The Balaban J connectivity index is 2.09. The lowest BCUT2D eigenvalue weighted by Crippen LogP contribution is -2.40. The first-order chi connectivity index (χ1) is 13.2. The molecule has 2 aromatic rings. The number of likely N-dealkylation sites (N-methyl/N-ethyl adjacent to an activating group) is 1. The molecule has 1 heterocycles. The maximum Gasteiger partial charge on any atom is 0.243 e. The summed E-state index contributed by atoms with van der Waals surface area (Å²) in [5, 5.41) is 4.50. The first-order valence-electron chi connectivity index (χ1n) is 8.49. The summed E-state index contributed by atoms with van der Waals surface area (Å²) in [6, 6.07) is 9.63. The van der Waals surface area contributed by atoms with Crippen LogP contribution in [-0.4, -0.2) is 49.6 Å². The van der Waals surface area contributed by atoms with Crippen LogP contribution < -0.4 is 5.32 Å². The Morgan fingerprint density at radius 3 is 2.43 bits per heavy atom. The van der Waals surface area contributed by atoms with Gasteiger partial charge in [0.05, 0.1) is 18.0 Å². The smallest absolute Gasteiger partial charge is 0.243 e. The number of hydrogen-bond donors (Lipinski definition) is 1. The number of carbonyl (C=O) groups excluding carboxylic acids is 2. The minimum atomic E-state index is -3.84. The number of sulfonamides is 1. The van der Waals surface area contributed by atoms with Crippen LogP contribution in [0.3, 0.4) is 0 Å². The van der Waals surface area contributed by atoms with Crippen molar-refractivity contribution < 1.29 is 18.0 Å². The molecule has 1 aromatic carbocycles. The molecule has 0 fully saturated rings. The monoisotopic (exact) mass is 421 g/mol. The minimum absolute atomic E-state index is 0.0467. The molecule has 150 valence electrons. The third-order valence-electron chi connectivity index (χ3n) is 3.87. The van der Waals surface area contributed by atoms with E-state index in [0.717, 1.165) is 9.18 Å². The molecule has 0 aliphatic heterocycles. The minimum Gasteiger partial charge on any atom is -0.333 e. The Morgan fingerprint density at radius 2 is 1.89 bits per heavy atom. The van der Waals surface area contributed by atoms with Gasteiger partial charge in [0.15, 0.2) is 0 Å². The quantitative estimate of drug-likeness (QED) is 0.631. The number of rotatable bonds is 9. The molecule has 2 amide bonds. The van der Waals surface area contributed by atoms with E-state index in [1.807, 2.05) is 17.5 Å². The first-order valence-corrected chi connectivity index (χ1v) is 10.8. The van der Waals surface area contributed by atoms with E-state index in [-0.39, 0.29) is 23.3 Å². The Bertz CT molecular complexity index is 923. The van der Waals surface area contributed by atoms with Gasteiger partial charge in [-0.3, -0.25) is 9.59 Å². The number of nitrogens with one attached hydrogen (secondary N) is 1. The lowest BCUT2D eigenvalue weighted by Gasteiger charge is -2.24. The number of thiophene rings is 1. The third-order valence-corrected chi connectivity index (χ3v) is 6.55. The van der Waals surface area contributed by atoms with Crippen molar-refractivity contribution in [3.8, 4) is 0 Å². The van der Waals surface area contributed by atoms with Crippen LogP contribution in [0.5, 0.6) is 0 Å². The molecule has 9 heteroatoms. The van der Waals surface area contributed by atoms with Gasteiger partial charge in [-0.05, 0) is 35.7 Å². The predicted octanol–water partition coefficient (Wildman–Crippen LogP) is 2.54. The molecule has 2 rings (SSSR count). The average molecular weight is 422 g/mol. The zero-order chi connectivity index (χ0) is 20.7. The largest absolute Gasteiger partial charge is 0.333 e. The Labute approximate surface area is 169 Å². The highest BCUT2D eigenvalue weighted by Crippen LogP contribution is 2.18. The fourth-order valence-corrected chi connectivity index (χ4v) is 4.31. The zero-order valence-corrected chi connectivity index (χ0v) is 17.4. The molecule has 0 radical (unpaired) electrons. The van der Waals surface area contributed by atoms with Gasteiger partial charge in [-0.15, -0.1) is 17.9 Å². The maximum atomic E-state index is 12.7. The fraction of sp³-hybridized carbons (Fsp3) is 0.263. The van der Waals surface area contributed by atoms with Gasteiger partial charge < -0.3 is 10.2 Å². The van der Waals surface area contributed by atoms with Gasteiger partial charge in [0.2, 0.25) is 21.8 Å². The number of benzene rings is 1. The first kappa shape index (κ1) is 21.8. The SMILES string of the molecule is C=CCN(Cc1cccs1)C(=O)CN(C)S(=O)(=O)c1ccc(NC(C)=O)cc1. The van der Waals surface area contributed by atoms with Gasteiger partial charge >= 0.3 is 0 Å². The predicted molar refractivity (Wildman–Crippen MR) is 110 cm³/mol. The van der Waals surface area contributed by atoms with Gasteiger partial charge in [0, 0.05) is 31.1 Å². The Morgan fingerprint density at radius 1 is 1.21 bits per heavy atom. The van der Waals surface area contributed by atoms with Crippen LogP contribution in [0.2, 0.25) is 0 Å². The maximum absolute atomic E-state index is 12.7. The third kappa shape index (κ3) is 5.75. The van der Waals surface area contributed by atoms with E-state index in [2.05, 4.69) is 11.9 Å². The lowest BCUT2D eigenvalue weighted by molar-refractivity contribution is -0.131. The van der Waals surface area contributed by atoms with Gasteiger partial charge in [-0.2, -0.15) is 4.31 Å². The van der Waals surface area contributed by atoms with Crippen LogP contribution in [0, 0.1) is 0 Å². The van der Waals surface area contributed by atoms with Gasteiger partial charge in [0.1, 0.15) is 0 Å². The van der Waals surface area contributed by atoms with Crippen LogP contribution in [0.15, 0.2) is 59.3 Å². The number of nitrogens with zero attached hydrogens (tertiary/aromatic N) is 2. The molecule has 0 saturated heterocycles. The summed E-state index contributed by atoms with van der Waals surface area (Å²) in [6.07, 6.45) is 1.61. The highest BCUT2D eigenvalue weighted by molar-refractivity contribution is 7.89. The van der Waals surface area contributed by atoms with Crippen molar-refractivity contribution in [1.29, 1.82) is 0 Å². The molecular formula is C19H23N3O4S2. The average Bonchev–Trinajstić information content (AvgIpc) is 3.14. The van der Waals surface area contributed by atoms with E-state index in [4.69, 9.17) is 0 Å². The highest BCUT2D eigenvalue weighted by Gasteiger charge is 2.25. The topological polar surface area (TPSA) is 86.8 Å². The van der Waals surface area contributed by atoms with Crippen LogP contribution in [-0.2, 0) is 26.2 Å². The number of carbonyl (C=O) groups is 2. The molecule has 28 heavy (non-hydrogen) atoms. The normalized spacial score (nSPS) is 11.2. The molecule has 0 spiro atoms. The molecule has 0 aliphatic rings. The summed E-state index contributed by atoms with van der Waals surface area (Å²) in [5.74, 6) is -0.555. The highest BCUT2D eigenvalue weighted by atomic mass is 32.2. The van der Waals surface area contributed by atoms with E-state index in [1.54, 1.807) is 11.0 Å². The Kier molecular flexibility index (Phi) is 7.50. The van der Waals surface area contributed by atoms with Crippen molar-refractivity contribution in [3.05, 3.63) is 59.3 Å². The number of anilines is 1. The van der Waals surface area contributed by atoms with Crippen molar-refractivity contribution >= 4 is 38.9 Å². The van der Waals surface area contributed by atoms with Gasteiger partial charge in [0.25, 0.3) is 0 Å². The summed E-state index contributed by atoms with van der Waals surface area (Å²) in [6.45, 7) is 5.49. The van der Waals surface area contributed by atoms with Crippen molar-refractivity contribution in [3.63, 3.8) is 0 Å². The van der Waals surface area contributed by atoms with Crippen molar-refractivity contribution in [1.82, 2.24) is 9.21 Å². The van der Waals surface area contributed by atoms with Crippen molar-refractivity contribution in [2.75, 3.05) is 25.5 Å². The van der Waals surface area contributed by atoms with E-state index in [1.165, 1.54) is 49.6 Å². The molecule has 1 N–H and O–H groups in total. The van der Waals surface area contributed by atoms with Crippen molar-refractivity contribution in [2.24, 2.45) is 0 Å². The zero-order valence-electron chi connectivity index (χ0n) is 15.8. The van der Waals surface area contributed by atoms with Crippen LogP contribution in [0.4, 0.5) is 5.69 Å². The molecule has 7 nitrogen and oxygen atoms in total. The van der Waals surface area contributed by atoms with E-state index >= 15 is 0 Å². The second-order valence-electron chi connectivity index (χ2n) is 6.11.